The van der Waals surface area contributed by atoms with Crippen molar-refractivity contribution in [1.29, 1.82) is 0 Å². The SMILES string of the molecule is Cc1cccc(C)c1NS(=O)(=O)c1ccc(NC(=O)c2cccnc2N(C)C)cc1. The molecule has 2 N–H and O–H groups in total. The Morgan fingerprint density at radius 1 is 0.933 bits per heavy atom. The topological polar surface area (TPSA) is 91.4 Å². The fourth-order valence-electron chi connectivity index (χ4n) is 3.02. The van der Waals surface area contributed by atoms with Crippen molar-refractivity contribution in [3.05, 3.63) is 77.5 Å². The Bertz CT molecular complexity index is 1150. The van der Waals surface area contributed by atoms with Crippen molar-refractivity contribution in [2.75, 3.05) is 29.0 Å². The van der Waals surface area contributed by atoms with Gasteiger partial charge in [-0.25, -0.2) is 13.4 Å². The maximum atomic E-state index is 12.8. The average Bonchev–Trinajstić information content (AvgIpc) is 2.71. The number of carbonyl (C=O) groups excluding carboxylic acids is 1. The Kier molecular flexibility index (Phi) is 6.07. The van der Waals surface area contributed by atoms with Gasteiger partial charge in [-0.05, 0) is 61.4 Å². The highest BCUT2D eigenvalue weighted by atomic mass is 32.2. The van der Waals surface area contributed by atoms with Crippen LogP contribution in [0.25, 0.3) is 0 Å². The zero-order chi connectivity index (χ0) is 21.9. The minimum Gasteiger partial charge on any atom is -0.362 e. The van der Waals surface area contributed by atoms with Crippen LogP contribution in [0.4, 0.5) is 17.2 Å². The lowest BCUT2D eigenvalue weighted by molar-refractivity contribution is 0.102. The first kappa shape index (κ1) is 21.3. The molecule has 156 valence electrons. The molecule has 30 heavy (non-hydrogen) atoms. The van der Waals surface area contributed by atoms with Crippen LogP contribution in [-0.4, -0.2) is 33.4 Å². The standard InChI is InChI=1S/C22H24N4O3S/c1-15-7-5-8-16(2)20(15)25-30(28,29)18-12-10-17(11-13-18)24-22(27)19-9-6-14-23-21(19)26(3)4/h5-14,25H,1-4H3,(H,24,27). The molecule has 0 atom stereocenters. The van der Waals surface area contributed by atoms with Gasteiger partial charge < -0.3 is 10.2 Å². The van der Waals surface area contributed by atoms with Crippen molar-refractivity contribution in [1.82, 2.24) is 4.98 Å². The molecule has 0 saturated carbocycles. The molecule has 2 aromatic carbocycles. The Balaban J connectivity index is 1.79. The van der Waals surface area contributed by atoms with Gasteiger partial charge in [0.25, 0.3) is 15.9 Å². The smallest absolute Gasteiger partial charge is 0.261 e. The van der Waals surface area contributed by atoms with Crippen molar-refractivity contribution in [2.24, 2.45) is 0 Å². The number of nitrogens with zero attached hydrogens (tertiary/aromatic N) is 2. The molecule has 3 aromatic rings. The fourth-order valence-corrected chi connectivity index (χ4v) is 4.22. The summed E-state index contributed by atoms with van der Waals surface area (Å²) in [5.74, 6) is 0.225. The minimum atomic E-state index is -3.75. The van der Waals surface area contributed by atoms with Crippen LogP contribution in [0.5, 0.6) is 0 Å². The molecule has 0 saturated heterocycles. The summed E-state index contributed by atoms with van der Waals surface area (Å²) in [6.45, 7) is 3.70. The molecule has 1 aromatic heterocycles. The Morgan fingerprint density at radius 3 is 2.17 bits per heavy atom. The van der Waals surface area contributed by atoms with Gasteiger partial charge in [0.05, 0.1) is 16.1 Å². The zero-order valence-corrected chi connectivity index (χ0v) is 18.1. The van der Waals surface area contributed by atoms with Crippen LogP contribution in [0.15, 0.2) is 65.7 Å². The number of aryl methyl sites for hydroxylation is 2. The molecule has 0 fully saturated rings. The van der Waals surface area contributed by atoms with E-state index in [1.54, 1.807) is 35.4 Å². The van der Waals surface area contributed by atoms with Gasteiger partial charge in [-0.1, -0.05) is 18.2 Å². The summed E-state index contributed by atoms with van der Waals surface area (Å²) >= 11 is 0. The normalized spacial score (nSPS) is 11.1. The molecular formula is C22H24N4O3S. The van der Waals surface area contributed by atoms with Crippen LogP contribution in [0.3, 0.4) is 0 Å². The van der Waals surface area contributed by atoms with E-state index in [0.717, 1.165) is 11.1 Å². The first-order valence-electron chi connectivity index (χ1n) is 9.32. The molecule has 8 heteroatoms. The lowest BCUT2D eigenvalue weighted by Gasteiger charge is -2.16. The highest BCUT2D eigenvalue weighted by Crippen LogP contribution is 2.24. The summed E-state index contributed by atoms with van der Waals surface area (Å²) in [7, 11) is -0.138. The largest absolute Gasteiger partial charge is 0.362 e. The quantitative estimate of drug-likeness (QED) is 0.628. The lowest BCUT2D eigenvalue weighted by atomic mass is 10.1. The van der Waals surface area contributed by atoms with E-state index in [1.807, 2.05) is 46.1 Å². The predicted molar refractivity (Wildman–Crippen MR) is 120 cm³/mol. The summed E-state index contributed by atoms with van der Waals surface area (Å²) in [5, 5.41) is 2.78. The van der Waals surface area contributed by atoms with Crippen LogP contribution >= 0.6 is 0 Å². The Labute approximate surface area is 176 Å². The van der Waals surface area contributed by atoms with Gasteiger partial charge in [0.15, 0.2) is 0 Å². The summed E-state index contributed by atoms with van der Waals surface area (Å²) in [4.78, 5) is 18.7. The van der Waals surface area contributed by atoms with Gasteiger partial charge in [0.2, 0.25) is 0 Å². The Morgan fingerprint density at radius 2 is 1.57 bits per heavy atom. The zero-order valence-electron chi connectivity index (χ0n) is 17.3. The number of para-hydroxylation sites is 1. The summed E-state index contributed by atoms with van der Waals surface area (Å²) in [6.07, 6.45) is 1.62. The average molecular weight is 425 g/mol. The van der Waals surface area contributed by atoms with Crippen LogP contribution in [0.2, 0.25) is 0 Å². The van der Waals surface area contributed by atoms with E-state index in [4.69, 9.17) is 0 Å². The molecule has 0 spiro atoms. The second kappa shape index (κ2) is 8.54. The molecule has 0 aliphatic rings. The third-order valence-corrected chi connectivity index (χ3v) is 5.96. The number of rotatable bonds is 6. The number of nitrogens with one attached hydrogen (secondary N) is 2. The molecule has 0 aliphatic heterocycles. The van der Waals surface area contributed by atoms with Crippen LogP contribution in [0, 0.1) is 13.8 Å². The maximum absolute atomic E-state index is 12.8. The highest BCUT2D eigenvalue weighted by Gasteiger charge is 2.18. The van der Waals surface area contributed by atoms with Gasteiger partial charge in [0, 0.05) is 26.0 Å². The van der Waals surface area contributed by atoms with E-state index in [2.05, 4.69) is 15.0 Å². The number of benzene rings is 2. The fraction of sp³-hybridized carbons (Fsp3) is 0.182. The first-order valence-corrected chi connectivity index (χ1v) is 10.8. The lowest BCUT2D eigenvalue weighted by Crippen LogP contribution is -2.19. The molecular weight excluding hydrogens is 400 g/mol. The summed E-state index contributed by atoms with van der Waals surface area (Å²) in [5.41, 5.74) is 3.17. The molecule has 0 radical (unpaired) electrons. The monoisotopic (exact) mass is 424 g/mol. The predicted octanol–water partition coefficient (Wildman–Crippen LogP) is 3.82. The molecule has 3 rings (SSSR count). The number of sulfonamides is 1. The van der Waals surface area contributed by atoms with E-state index in [9.17, 15) is 13.2 Å². The third kappa shape index (κ3) is 4.60. The molecule has 1 heterocycles. The molecule has 0 aliphatic carbocycles. The van der Waals surface area contributed by atoms with E-state index in [1.165, 1.54) is 12.1 Å². The summed E-state index contributed by atoms with van der Waals surface area (Å²) in [6, 6.07) is 15.0. The van der Waals surface area contributed by atoms with Crippen molar-refractivity contribution < 1.29 is 13.2 Å². The number of pyridine rings is 1. The number of carbonyl (C=O) groups is 1. The van der Waals surface area contributed by atoms with Gasteiger partial charge in [-0.2, -0.15) is 0 Å². The molecule has 0 unspecified atom stereocenters. The van der Waals surface area contributed by atoms with Crippen LogP contribution in [0.1, 0.15) is 21.5 Å². The van der Waals surface area contributed by atoms with Crippen molar-refractivity contribution >= 4 is 33.1 Å². The molecule has 1 amide bonds. The van der Waals surface area contributed by atoms with Crippen molar-refractivity contribution in [2.45, 2.75) is 18.7 Å². The van der Waals surface area contributed by atoms with Gasteiger partial charge in [-0.3, -0.25) is 9.52 Å². The Hall–Kier alpha value is -3.39. The molecule has 0 bridgehead atoms. The van der Waals surface area contributed by atoms with Gasteiger partial charge in [-0.15, -0.1) is 0 Å². The number of anilines is 3. The van der Waals surface area contributed by atoms with E-state index in [0.29, 0.717) is 22.8 Å². The van der Waals surface area contributed by atoms with E-state index >= 15 is 0 Å². The highest BCUT2D eigenvalue weighted by molar-refractivity contribution is 7.92. The van der Waals surface area contributed by atoms with Crippen LogP contribution in [-0.2, 0) is 10.0 Å². The second-order valence-corrected chi connectivity index (χ2v) is 8.80. The molecule has 7 nitrogen and oxygen atoms in total. The number of hydrogen-bond acceptors (Lipinski definition) is 5. The first-order chi connectivity index (χ1) is 14.2. The van der Waals surface area contributed by atoms with Crippen LogP contribution < -0.4 is 14.9 Å². The summed E-state index contributed by atoms with van der Waals surface area (Å²) < 4.78 is 28.2. The van der Waals surface area contributed by atoms with E-state index in [-0.39, 0.29) is 10.8 Å². The van der Waals surface area contributed by atoms with E-state index < -0.39 is 10.0 Å². The van der Waals surface area contributed by atoms with Gasteiger partial charge >= 0.3 is 0 Å². The second-order valence-electron chi connectivity index (χ2n) is 7.12. The third-order valence-electron chi connectivity index (χ3n) is 4.59. The maximum Gasteiger partial charge on any atom is 0.261 e. The van der Waals surface area contributed by atoms with Gasteiger partial charge in [0.1, 0.15) is 5.82 Å². The van der Waals surface area contributed by atoms with Crippen molar-refractivity contribution in [3.63, 3.8) is 0 Å². The number of hydrogen-bond donors (Lipinski definition) is 2. The number of aromatic nitrogens is 1. The minimum absolute atomic E-state index is 0.110. The number of amides is 1. The van der Waals surface area contributed by atoms with Crippen molar-refractivity contribution in [3.8, 4) is 0 Å².